The van der Waals surface area contributed by atoms with Crippen molar-refractivity contribution in [2.75, 3.05) is 0 Å². The summed E-state index contributed by atoms with van der Waals surface area (Å²) in [5.41, 5.74) is 0. The van der Waals surface area contributed by atoms with E-state index in [-0.39, 0.29) is 70.7 Å². The van der Waals surface area contributed by atoms with Gasteiger partial charge in [-0.15, -0.1) is 49.6 Å². The summed E-state index contributed by atoms with van der Waals surface area (Å²) in [4.78, 5) is 0. The number of hydrogen-bond acceptors (Lipinski definition) is 2. The fourth-order valence-electron chi connectivity index (χ4n) is 0. The Bertz CT molecular complexity index is 100. The van der Waals surface area contributed by atoms with Crippen LogP contribution in [0.15, 0.2) is 0 Å². The standard InChI is InChI=1S/4ClH.H2O4S.Pt/c;;;;1-5(2,3)4;/h4*1H;(H2,1,2,3,4);. The average Bonchev–Trinajstić information content (AvgIpc) is 0.722. The molecule has 0 aliphatic heterocycles. The van der Waals surface area contributed by atoms with Crippen molar-refractivity contribution in [2.45, 2.75) is 0 Å². The van der Waals surface area contributed by atoms with Crippen molar-refractivity contribution >= 4 is 60.0 Å². The van der Waals surface area contributed by atoms with Gasteiger partial charge in [-0.1, -0.05) is 0 Å². The van der Waals surface area contributed by atoms with Gasteiger partial charge in [-0.25, -0.2) is 0 Å². The number of hydrogen-bond donors (Lipinski definition) is 2. The topological polar surface area (TPSA) is 74.6 Å². The van der Waals surface area contributed by atoms with Gasteiger partial charge in [-0.05, 0) is 0 Å². The molecule has 0 atom stereocenters. The van der Waals surface area contributed by atoms with Crippen LogP contribution in [0.3, 0.4) is 0 Å². The summed E-state index contributed by atoms with van der Waals surface area (Å²) in [5, 5.41) is 0. The van der Waals surface area contributed by atoms with Crippen LogP contribution < -0.4 is 0 Å². The van der Waals surface area contributed by atoms with Gasteiger partial charge in [0.2, 0.25) is 0 Å². The first-order valence-electron chi connectivity index (χ1n) is 0.698. The van der Waals surface area contributed by atoms with E-state index >= 15 is 0 Å². The zero-order chi connectivity index (χ0) is 4.50. The van der Waals surface area contributed by atoms with Gasteiger partial charge in [0.05, 0.1) is 0 Å². The molecule has 0 saturated heterocycles. The molecule has 0 amide bonds. The molecule has 0 unspecified atom stereocenters. The minimum atomic E-state index is -4.67. The Balaban J connectivity index is -0.00000000800. The maximum Gasteiger partial charge on any atom is 0.394 e. The van der Waals surface area contributed by atoms with Crippen molar-refractivity contribution in [1.82, 2.24) is 0 Å². The zero-order valence-corrected chi connectivity index (χ0v) is 10.4. The molecule has 0 saturated carbocycles. The van der Waals surface area contributed by atoms with Gasteiger partial charge in [-0.2, -0.15) is 8.42 Å². The monoisotopic (exact) mass is 437 g/mol. The summed E-state index contributed by atoms with van der Waals surface area (Å²) in [6, 6.07) is 0. The molecule has 0 aliphatic rings. The maximum atomic E-state index is 8.74. The van der Waals surface area contributed by atoms with Crippen molar-refractivity contribution in [3.63, 3.8) is 0 Å². The van der Waals surface area contributed by atoms with Gasteiger partial charge in [0.1, 0.15) is 0 Å². The van der Waals surface area contributed by atoms with Crippen LogP contribution >= 0.6 is 49.6 Å². The Morgan fingerprint density at radius 3 is 0.800 bits per heavy atom. The average molecular weight is 439 g/mol. The Morgan fingerprint density at radius 1 is 0.800 bits per heavy atom. The summed E-state index contributed by atoms with van der Waals surface area (Å²) in [6.45, 7) is 0. The Hall–Kier alpha value is 1.72. The van der Waals surface area contributed by atoms with Crippen molar-refractivity contribution in [3.05, 3.63) is 0 Å². The maximum absolute atomic E-state index is 8.74. The summed E-state index contributed by atoms with van der Waals surface area (Å²) in [6.07, 6.45) is 0. The molecular weight excluding hydrogens is 433 g/mol. The second-order valence-electron chi connectivity index (χ2n) is 0.448. The Morgan fingerprint density at radius 2 is 0.800 bits per heavy atom. The van der Waals surface area contributed by atoms with Crippen LogP contribution in [0.1, 0.15) is 0 Å². The molecular formula is H6Cl4O4PtS. The predicted molar refractivity (Wildman–Crippen MR) is 43.2 cm³/mol. The van der Waals surface area contributed by atoms with Gasteiger partial charge < -0.3 is 0 Å². The zero-order valence-electron chi connectivity index (χ0n) is 4.07. The quantitative estimate of drug-likeness (QED) is 0.554. The normalized spacial score (nSPS) is 5.80. The largest absolute Gasteiger partial charge is 0.394 e. The van der Waals surface area contributed by atoms with Gasteiger partial charge in [-0.3, -0.25) is 9.11 Å². The molecule has 0 fully saturated rings. The van der Waals surface area contributed by atoms with Gasteiger partial charge >= 0.3 is 10.4 Å². The van der Waals surface area contributed by atoms with Crippen molar-refractivity contribution in [3.8, 4) is 0 Å². The molecule has 2 N–H and O–H groups in total. The molecule has 0 bridgehead atoms. The second-order valence-corrected chi connectivity index (χ2v) is 1.34. The molecule has 0 heterocycles. The molecule has 0 aliphatic carbocycles. The first kappa shape index (κ1) is 41.2. The van der Waals surface area contributed by atoms with Gasteiger partial charge in [0.15, 0.2) is 0 Å². The molecule has 0 aromatic carbocycles. The smallest absolute Gasteiger partial charge is 0.264 e. The molecule has 0 rings (SSSR count). The van der Waals surface area contributed by atoms with Crippen LogP contribution in [0.2, 0.25) is 0 Å². The van der Waals surface area contributed by atoms with E-state index in [1.165, 1.54) is 0 Å². The molecule has 10 heteroatoms. The first-order chi connectivity index (χ1) is 2.00. The van der Waals surface area contributed by atoms with Crippen molar-refractivity contribution in [2.24, 2.45) is 0 Å². The first-order valence-corrected chi connectivity index (χ1v) is 2.10. The minimum Gasteiger partial charge on any atom is -0.264 e. The van der Waals surface area contributed by atoms with Crippen molar-refractivity contribution in [1.29, 1.82) is 0 Å². The van der Waals surface area contributed by atoms with E-state index in [2.05, 4.69) is 0 Å². The van der Waals surface area contributed by atoms with Crippen LogP contribution in [0.4, 0.5) is 0 Å². The van der Waals surface area contributed by atoms with Gasteiger partial charge in [0, 0.05) is 21.1 Å². The molecule has 0 spiro atoms. The molecule has 0 aromatic heterocycles. The van der Waals surface area contributed by atoms with Crippen LogP contribution in [0, 0.1) is 0 Å². The van der Waals surface area contributed by atoms with Gasteiger partial charge in [0.25, 0.3) is 0 Å². The van der Waals surface area contributed by atoms with Crippen LogP contribution in [-0.2, 0) is 31.5 Å². The van der Waals surface area contributed by atoms with E-state index in [1.807, 2.05) is 0 Å². The Labute approximate surface area is 98.0 Å². The molecule has 0 aromatic rings. The summed E-state index contributed by atoms with van der Waals surface area (Å²) < 4.78 is 31.6. The third-order valence-electron chi connectivity index (χ3n) is 0. The number of halogens is 4. The van der Waals surface area contributed by atoms with Crippen LogP contribution in [0.25, 0.3) is 0 Å². The van der Waals surface area contributed by atoms with E-state index in [4.69, 9.17) is 17.5 Å². The van der Waals surface area contributed by atoms with Crippen LogP contribution in [-0.4, -0.2) is 17.5 Å². The third-order valence-corrected chi connectivity index (χ3v) is 0. The summed E-state index contributed by atoms with van der Waals surface area (Å²) in [5.74, 6) is 0. The fraction of sp³-hybridized carbons (Fsp3) is 0. The molecule has 4 nitrogen and oxygen atoms in total. The molecule has 10 heavy (non-hydrogen) atoms. The van der Waals surface area contributed by atoms with E-state index in [0.29, 0.717) is 0 Å². The van der Waals surface area contributed by atoms with E-state index in [0.717, 1.165) is 0 Å². The minimum absolute atomic E-state index is 0. The predicted octanol–water partition coefficient (Wildman–Crippen LogP) is 1.03. The fourth-order valence-corrected chi connectivity index (χ4v) is 0. The SMILES string of the molecule is Cl.Cl.Cl.Cl.O=S(=O)(O)O.[Pt]. The van der Waals surface area contributed by atoms with E-state index in [9.17, 15) is 0 Å². The molecule has 74 valence electrons. The second kappa shape index (κ2) is 17.0. The summed E-state index contributed by atoms with van der Waals surface area (Å²) >= 11 is 0. The van der Waals surface area contributed by atoms with E-state index < -0.39 is 10.4 Å². The number of rotatable bonds is 0. The van der Waals surface area contributed by atoms with Crippen LogP contribution in [0.5, 0.6) is 0 Å². The molecule has 0 radical (unpaired) electrons. The third kappa shape index (κ3) is 250. The summed E-state index contributed by atoms with van der Waals surface area (Å²) in [7, 11) is -4.67. The van der Waals surface area contributed by atoms with E-state index in [1.54, 1.807) is 0 Å². The van der Waals surface area contributed by atoms with Crippen molar-refractivity contribution < 1.29 is 38.6 Å². The Kier molecular flexibility index (Phi) is 70.0.